The average Bonchev–Trinajstić information content (AvgIpc) is 0. The zero-order valence-electron chi connectivity index (χ0n) is 3.19. The van der Waals surface area contributed by atoms with Gasteiger partial charge < -0.3 is 32.9 Å². The summed E-state index contributed by atoms with van der Waals surface area (Å²) in [7, 11) is 0. The largest absolute Gasteiger partial charge is 2.00 e. The van der Waals surface area contributed by atoms with Crippen LogP contribution in [0.1, 0.15) is 0 Å². The molecule has 0 bridgehead atoms. The Balaban J connectivity index is 0. The maximum atomic E-state index is 0. The summed E-state index contributed by atoms with van der Waals surface area (Å²) >= 11 is 0. The molecule has 0 atom stereocenters. The van der Waals surface area contributed by atoms with Crippen LogP contribution in [-0.4, -0.2) is 21.9 Å². The minimum atomic E-state index is 0. The maximum Gasteiger partial charge on any atom is 0 e. The first-order chi connectivity index (χ1) is 0. The van der Waals surface area contributed by atoms with Gasteiger partial charge in [-0.1, -0.05) is 0 Å². The summed E-state index contributed by atoms with van der Waals surface area (Å²) in [4.78, 5) is 0. The van der Waals surface area contributed by atoms with Crippen LogP contribution in [0.5, 0.6) is 0 Å². The molecule has 0 heterocycles. The molecule has 0 aromatic heterocycles. The summed E-state index contributed by atoms with van der Waals surface area (Å²) in [6.45, 7) is 0. The van der Waals surface area contributed by atoms with Crippen molar-refractivity contribution in [1.29, 1.82) is 0 Å². The van der Waals surface area contributed by atoms with Gasteiger partial charge in [0, 0.05) is 17.1 Å². The summed E-state index contributed by atoms with van der Waals surface area (Å²) in [5.74, 6) is 0. The standard InChI is InChI=1S/Mn.4H2O.2O/h;4*1H2;;/q;;;;;2*-2. The van der Waals surface area contributed by atoms with E-state index in [2.05, 4.69) is 0 Å². The number of hydrogen-bond acceptors (Lipinski definition) is 0. The quantitative estimate of drug-likeness (QED) is 0.317. The molecule has 1 radical (unpaired) electrons. The van der Waals surface area contributed by atoms with Crippen molar-refractivity contribution in [3.05, 3.63) is 0 Å². The normalized spacial score (nSPS) is 0. The minimum absolute atomic E-state index is 0. The fourth-order valence-electron chi connectivity index (χ4n) is 0. The molecule has 0 fully saturated rings. The predicted octanol–water partition coefficient (Wildman–Crippen LogP) is -3.54. The zero-order valence-corrected chi connectivity index (χ0v) is 4.37. The van der Waals surface area contributed by atoms with Gasteiger partial charge >= 0.3 is 0 Å². The van der Waals surface area contributed by atoms with Crippen molar-refractivity contribution in [2.75, 3.05) is 0 Å². The van der Waals surface area contributed by atoms with Gasteiger partial charge in [-0.25, -0.2) is 0 Å². The molecule has 0 rings (SSSR count). The summed E-state index contributed by atoms with van der Waals surface area (Å²) < 4.78 is 0. The molecule has 7 heavy (non-hydrogen) atoms. The van der Waals surface area contributed by atoms with Crippen LogP contribution in [0.3, 0.4) is 0 Å². The van der Waals surface area contributed by atoms with Gasteiger partial charge in [0.25, 0.3) is 0 Å². The molecule has 0 aromatic carbocycles. The molecular formula is H8MnO6-4. The third-order valence-corrected chi connectivity index (χ3v) is 0. The molecule has 6 nitrogen and oxygen atoms in total. The van der Waals surface area contributed by atoms with Crippen molar-refractivity contribution >= 4 is 0 Å². The Kier molecular flexibility index (Phi) is 1180000. The Hall–Kier alpha value is 0.279. The van der Waals surface area contributed by atoms with Gasteiger partial charge in [-0.2, -0.15) is 0 Å². The van der Waals surface area contributed by atoms with E-state index in [-0.39, 0.29) is 49.9 Å². The molecule has 0 saturated heterocycles. The molecule has 0 unspecified atom stereocenters. The van der Waals surface area contributed by atoms with Gasteiger partial charge in [-0.15, -0.1) is 0 Å². The second-order valence-electron chi connectivity index (χ2n) is 0. The Morgan fingerprint density at radius 1 is 0.429 bits per heavy atom. The Labute approximate surface area is 50.8 Å². The molecule has 0 aliphatic rings. The molecule has 0 aliphatic carbocycles. The van der Waals surface area contributed by atoms with Crippen LogP contribution >= 0.6 is 0 Å². The summed E-state index contributed by atoms with van der Waals surface area (Å²) in [6.07, 6.45) is 0. The molecule has 0 spiro atoms. The number of hydrogen-bond donors (Lipinski definition) is 0. The van der Waals surface area contributed by atoms with Crippen LogP contribution in [0.15, 0.2) is 0 Å². The van der Waals surface area contributed by atoms with Crippen LogP contribution in [0.25, 0.3) is 0 Å². The molecule has 0 saturated carbocycles. The molecule has 8 N–H and O–H groups in total. The first-order valence-corrected chi connectivity index (χ1v) is 0. The van der Waals surface area contributed by atoms with Gasteiger partial charge in [-0.05, 0) is 0 Å². The predicted molar refractivity (Wildman–Crippen MR) is 15.8 cm³/mol. The van der Waals surface area contributed by atoms with Gasteiger partial charge in [0.2, 0.25) is 0 Å². The SMILES string of the molecule is O.O.O.O.[Mn].[O-2].[O-2]. The van der Waals surface area contributed by atoms with Gasteiger partial charge in [0.15, 0.2) is 0 Å². The topological polar surface area (TPSA) is 183 Å². The van der Waals surface area contributed by atoms with Gasteiger partial charge in [-0.3, -0.25) is 0 Å². The third kappa shape index (κ3) is 1470. The van der Waals surface area contributed by atoms with E-state index in [4.69, 9.17) is 0 Å². The van der Waals surface area contributed by atoms with Crippen LogP contribution in [0.4, 0.5) is 0 Å². The molecule has 0 aliphatic heterocycles. The fourth-order valence-corrected chi connectivity index (χ4v) is 0. The van der Waals surface area contributed by atoms with Crippen molar-refractivity contribution in [3.8, 4) is 0 Å². The first kappa shape index (κ1) is 3670. The van der Waals surface area contributed by atoms with Crippen molar-refractivity contribution in [2.45, 2.75) is 0 Å². The molecule has 55 valence electrons. The summed E-state index contributed by atoms with van der Waals surface area (Å²) in [5, 5.41) is 0. The van der Waals surface area contributed by atoms with Gasteiger partial charge in [0.05, 0.1) is 0 Å². The molecule has 0 amide bonds. The number of rotatable bonds is 0. The average molecular weight is 159 g/mol. The second kappa shape index (κ2) is 2240. The maximum absolute atomic E-state index is 0. The Morgan fingerprint density at radius 2 is 0.429 bits per heavy atom. The monoisotopic (exact) mass is 159 g/mol. The Morgan fingerprint density at radius 3 is 0.429 bits per heavy atom. The van der Waals surface area contributed by atoms with E-state index in [0.29, 0.717) is 0 Å². The first-order valence-electron chi connectivity index (χ1n) is 0. The molecular weight excluding hydrogens is 151 g/mol. The summed E-state index contributed by atoms with van der Waals surface area (Å²) in [6, 6.07) is 0. The fraction of sp³-hybridized carbons (Fsp3) is 0. The second-order valence-corrected chi connectivity index (χ2v) is 0. The zero-order chi connectivity index (χ0) is 0. The summed E-state index contributed by atoms with van der Waals surface area (Å²) in [5.41, 5.74) is 0. The Bertz CT molecular complexity index is 4.14. The van der Waals surface area contributed by atoms with E-state index < -0.39 is 0 Å². The van der Waals surface area contributed by atoms with Crippen LogP contribution < -0.4 is 0 Å². The molecule has 0 aromatic rings. The van der Waals surface area contributed by atoms with Crippen LogP contribution in [0, 0.1) is 0 Å². The van der Waals surface area contributed by atoms with Crippen molar-refractivity contribution < 1.29 is 49.9 Å². The van der Waals surface area contributed by atoms with Crippen molar-refractivity contribution in [3.63, 3.8) is 0 Å². The van der Waals surface area contributed by atoms with Crippen molar-refractivity contribution in [1.82, 2.24) is 0 Å². The van der Waals surface area contributed by atoms with E-state index in [1.165, 1.54) is 0 Å². The van der Waals surface area contributed by atoms with E-state index >= 15 is 0 Å². The third-order valence-electron chi connectivity index (χ3n) is 0. The van der Waals surface area contributed by atoms with E-state index in [9.17, 15) is 0 Å². The van der Waals surface area contributed by atoms with Gasteiger partial charge in [0.1, 0.15) is 0 Å². The van der Waals surface area contributed by atoms with Crippen molar-refractivity contribution in [2.24, 2.45) is 0 Å². The van der Waals surface area contributed by atoms with E-state index in [1.54, 1.807) is 0 Å². The minimum Gasteiger partial charge on any atom is -2.00 e. The smallest absolute Gasteiger partial charge is 0 e. The molecule has 7 heteroatoms. The van der Waals surface area contributed by atoms with Crippen LogP contribution in [0.2, 0.25) is 0 Å². The van der Waals surface area contributed by atoms with Crippen LogP contribution in [-0.2, 0) is 28.0 Å². The van der Waals surface area contributed by atoms with E-state index in [0.717, 1.165) is 0 Å². The van der Waals surface area contributed by atoms with E-state index in [1.807, 2.05) is 0 Å².